The van der Waals surface area contributed by atoms with Crippen LogP contribution in [0.5, 0.6) is 0 Å². The molecule has 0 bridgehead atoms. The summed E-state index contributed by atoms with van der Waals surface area (Å²) in [5, 5.41) is 0. The second kappa shape index (κ2) is 1.86. The Morgan fingerprint density at radius 2 is 1.73 bits per heavy atom. The van der Waals surface area contributed by atoms with E-state index in [2.05, 4.69) is 13.8 Å². The van der Waals surface area contributed by atoms with E-state index in [4.69, 9.17) is 4.74 Å². The van der Waals surface area contributed by atoms with Crippen molar-refractivity contribution in [2.45, 2.75) is 50.7 Å². The largest absolute Gasteiger partial charge is 0.363 e. The van der Waals surface area contributed by atoms with Gasteiger partial charge in [0.25, 0.3) is 0 Å². The number of ether oxygens (including phenoxy) is 1. The van der Waals surface area contributed by atoms with E-state index in [0.29, 0.717) is 5.78 Å². The highest BCUT2D eigenvalue weighted by molar-refractivity contribution is 5.79. The average Bonchev–Trinajstić information content (AvgIpc) is 2.44. The van der Waals surface area contributed by atoms with E-state index in [1.54, 1.807) is 0 Å². The van der Waals surface area contributed by atoms with E-state index >= 15 is 0 Å². The Morgan fingerprint density at radius 3 is 2.09 bits per heavy atom. The average molecular weight is 154 g/mol. The molecular weight excluding hydrogens is 140 g/mol. The maximum atomic E-state index is 10.9. The first-order valence-corrected chi connectivity index (χ1v) is 4.28. The first-order valence-electron chi connectivity index (χ1n) is 4.28. The lowest BCUT2D eigenvalue weighted by Gasteiger charge is -2.18. The van der Waals surface area contributed by atoms with Gasteiger partial charge in [0.1, 0.15) is 5.78 Å². The molecule has 0 aromatic rings. The third kappa shape index (κ3) is 0.924. The normalized spacial score (nSPS) is 32.4. The fourth-order valence-corrected chi connectivity index (χ4v) is 2.10. The fourth-order valence-electron chi connectivity index (χ4n) is 2.10. The first kappa shape index (κ1) is 7.29. The smallest absolute Gasteiger partial charge is 0.133 e. The molecule has 62 valence electrons. The maximum Gasteiger partial charge on any atom is 0.133 e. The van der Waals surface area contributed by atoms with Crippen molar-refractivity contribution in [3.8, 4) is 0 Å². The molecule has 2 rings (SSSR count). The molecule has 1 heterocycles. The van der Waals surface area contributed by atoms with Gasteiger partial charge in [0.05, 0.1) is 11.2 Å². The van der Waals surface area contributed by atoms with Crippen molar-refractivity contribution in [2.75, 3.05) is 0 Å². The number of epoxide rings is 1. The van der Waals surface area contributed by atoms with Crippen molar-refractivity contribution in [1.82, 2.24) is 0 Å². The molecule has 0 unspecified atom stereocenters. The number of hydrogen-bond acceptors (Lipinski definition) is 2. The lowest BCUT2D eigenvalue weighted by Crippen LogP contribution is -2.27. The van der Waals surface area contributed by atoms with Crippen molar-refractivity contribution in [3.05, 3.63) is 0 Å². The number of carbonyl (C=O) groups is 1. The zero-order chi connectivity index (χ0) is 8.11. The number of carbonyl (C=O) groups excluding carboxylic acids is 1. The highest BCUT2D eigenvalue weighted by Gasteiger charge is 2.63. The third-order valence-corrected chi connectivity index (χ3v) is 3.12. The summed E-state index contributed by atoms with van der Waals surface area (Å²) >= 11 is 0. The molecule has 2 heteroatoms. The topological polar surface area (TPSA) is 29.6 Å². The Balaban J connectivity index is 2.05. The number of ketones is 1. The molecule has 1 saturated carbocycles. The molecular formula is C9H14O2. The second-order valence-electron chi connectivity index (χ2n) is 4.15. The summed E-state index contributed by atoms with van der Waals surface area (Å²) in [5.41, 5.74) is 0.134. The van der Waals surface area contributed by atoms with Gasteiger partial charge in [0.15, 0.2) is 0 Å². The molecule has 0 atom stereocenters. The van der Waals surface area contributed by atoms with Crippen LogP contribution in [0.4, 0.5) is 0 Å². The minimum atomic E-state index is 0.0493. The van der Waals surface area contributed by atoms with Crippen molar-refractivity contribution in [3.63, 3.8) is 0 Å². The summed E-state index contributed by atoms with van der Waals surface area (Å²) in [7, 11) is 0. The standard InChI is InChI=1S/C9H14O2/c1-8(2)9(11-8)5-3-7(10)4-6-9/h3-6H2,1-2H3. The molecule has 1 saturated heterocycles. The van der Waals surface area contributed by atoms with Gasteiger partial charge in [-0.1, -0.05) is 0 Å². The molecule has 0 amide bonds. The van der Waals surface area contributed by atoms with E-state index in [9.17, 15) is 4.79 Å². The van der Waals surface area contributed by atoms with Crippen LogP contribution in [0.3, 0.4) is 0 Å². The van der Waals surface area contributed by atoms with E-state index in [1.165, 1.54) is 0 Å². The van der Waals surface area contributed by atoms with Crippen molar-refractivity contribution in [2.24, 2.45) is 0 Å². The predicted molar refractivity (Wildman–Crippen MR) is 41.4 cm³/mol. The predicted octanol–water partition coefficient (Wildman–Crippen LogP) is 1.68. The highest BCUT2D eigenvalue weighted by atomic mass is 16.6. The van der Waals surface area contributed by atoms with E-state index in [0.717, 1.165) is 25.7 Å². The van der Waals surface area contributed by atoms with Crippen LogP contribution in [-0.2, 0) is 9.53 Å². The molecule has 11 heavy (non-hydrogen) atoms. The quantitative estimate of drug-likeness (QED) is 0.497. The van der Waals surface area contributed by atoms with Crippen LogP contribution in [0.1, 0.15) is 39.5 Å². The van der Waals surface area contributed by atoms with Crippen LogP contribution in [0.15, 0.2) is 0 Å². The monoisotopic (exact) mass is 154 g/mol. The Bertz CT molecular complexity index is 196. The first-order chi connectivity index (χ1) is 5.06. The van der Waals surface area contributed by atoms with Crippen LogP contribution in [-0.4, -0.2) is 17.0 Å². The van der Waals surface area contributed by atoms with Gasteiger partial charge >= 0.3 is 0 Å². The Kier molecular flexibility index (Phi) is 1.23. The van der Waals surface area contributed by atoms with Gasteiger partial charge in [0, 0.05) is 12.8 Å². The molecule has 1 spiro atoms. The van der Waals surface area contributed by atoms with Crippen LogP contribution in [0, 0.1) is 0 Å². The van der Waals surface area contributed by atoms with E-state index < -0.39 is 0 Å². The maximum absolute atomic E-state index is 10.9. The van der Waals surface area contributed by atoms with Gasteiger partial charge in [-0.3, -0.25) is 4.79 Å². The Labute approximate surface area is 66.9 Å². The SMILES string of the molecule is CC1(C)OC12CCC(=O)CC2. The van der Waals surface area contributed by atoms with Crippen molar-refractivity contribution >= 4 is 5.78 Å². The molecule has 2 aliphatic rings. The zero-order valence-corrected chi connectivity index (χ0v) is 7.14. The van der Waals surface area contributed by atoms with Gasteiger partial charge in [-0.15, -0.1) is 0 Å². The summed E-state index contributed by atoms with van der Waals surface area (Å²) in [6.45, 7) is 4.23. The van der Waals surface area contributed by atoms with E-state index in [1.807, 2.05) is 0 Å². The van der Waals surface area contributed by atoms with Crippen LogP contribution < -0.4 is 0 Å². The van der Waals surface area contributed by atoms with Crippen molar-refractivity contribution < 1.29 is 9.53 Å². The minimum Gasteiger partial charge on any atom is -0.363 e. The summed E-state index contributed by atoms with van der Waals surface area (Å²) < 4.78 is 5.63. The minimum absolute atomic E-state index is 0.0493. The lowest BCUT2D eigenvalue weighted by atomic mass is 9.81. The number of rotatable bonds is 0. The number of hydrogen-bond donors (Lipinski definition) is 0. The van der Waals surface area contributed by atoms with Crippen LogP contribution in [0.2, 0.25) is 0 Å². The van der Waals surface area contributed by atoms with Gasteiger partial charge < -0.3 is 4.74 Å². The summed E-state index contributed by atoms with van der Waals surface area (Å²) in [4.78, 5) is 10.9. The third-order valence-electron chi connectivity index (χ3n) is 3.12. The molecule has 1 aliphatic heterocycles. The van der Waals surface area contributed by atoms with E-state index in [-0.39, 0.29) is 11.2 Å². The Hall–Kier alpha value is -0.370. The number of Topliss-reactive ketones (excluding diaryl/α,β-unsaturated/α-hetero) is 1. The molecule has 2 fully saturated rings. The fraction of sp³-hybridized carbons (Fsp3) is 0.889. The Morgan fingerprint density at radius 1 is 1.27 bits per heavy atom. The molecule has 2 nitrogen and oxygen atoms in total. The molecule has 0 aromatic heterocycles. The molecule has 0 aromatic carbocycles. The van der Waals surface area contributed by atoms with Gasteiger partial charge in [-0.05, 0) is 26.7 Å². The second-order valence-corrected chi connectivity index (χ2v) is 4.15. The lowest BCUT2D eigenvalue weighted by molar-refractivity contribution is -0.121. The summed E-state index contributed by atoms with van der Waals surface area (Å²) in [6.07, 6.45) is 3.34. The van der Waals surface area contributed by atoms with Gasteiger partial charge in [-0.25, -0.2) is 0 Å². The highest BCUT2D eigenvalue weighted by Crippen LogP contribution is 2.55. The zero-order valence-electron chi connectivity index (χ0n) is 7.14. The van der Waals surface area contributed by atoms with Crippen LogP contribution in [0.25, 0.3) is 0 Å². The summed E-state index contributed by atoms with van der Waals surface area (Å²) in [6, 6.07) is 0. The molecule has 0 radical (unpaired) electrons. The van der Waals surface area contributed by atoms with Gasteiger partial charge in [-0.2, -0.15) is 0 Å². The molecule has 0 N–H and O–H groups in total. The van der Waals surface area contributed by atoms with Gasteiger partial charge in [0.2, 0.25) is 0 Å². The van der Waals surface area contributed by atoms with Crippen LogP contribution >= 0.6 is 0 Å². The van der Waals surface area contributed by atoms with Crippen molar-refractivity contribution in [1.29, 1.82) is 0 Å². The molecule has 1 aliphatic carbocycles. The summed E-state index contributed by atoms with van der Waals surface area (Å²) in [5.74, 6) is 0.405.